The van der Waals surface area contributed by atoms with Crippen LogP contribution in [0, 0.1) is 10.3 Å². The lowest BCUT2D eigenvalue weighted by molar-refractivity contribution is 0.340. The molecule has 0 saturated heterocycles. The number of rotatable bonds is 1. The lowest BCUT2D eigenvalue weighted by Gasteiger charge is -2.19. The van der Waals surface area contributed by atoms with Crippen molar-refractivity contribution in [2.24, 2.45) is 10.6 Å². The summed E-state index contributed by atoms with van der Waals surface area (Å²) in [4.78, 5) is 9.90. The van der Waals surface area contributed by atoms with Crippen molar-refractivity contribution >= 4 is 0 Å². The molecule has 0 spiro atoms. The average molecular weight is 115 g/mol. The van der Waals surface area contributed by atoms with Gasteiger partial charge in [0.15, 0.2) is 0 Å². The summed E-state index contributed by atoms with van der Waals surface area (Å²) >= 11 is 0. The fourth-order valence-electron chi connectivity index (χ4n) is 0.158. The minimum atomic E-state index is -0.0810. The summed E-state index contributed by atoms with van der Waals surface area (Å²) in [7, 11) is 0. The molecule has 0 aromatic heterocycles. The molecule has 0 aliphatic rings. The maximum Gasteiger partial charge on any atom is 0.0939 e. The molecule has 0 heterocycles. The number of nitroso groups, excluding NO2 is 1. The second-order valence-electron chi connectivity index (χ2n) is 3.15. The van der Waals surface area contributed by atoms with Gasteiger partial charge in [0, 0.05) is 0 Å². The third-order valence-electron chi connectivity index (χ3n) is 1.41. The van der Waals surface area contributed by atoms with Crippen LogP contribution in [0.2, 0.25) is 0 Å². The molecule has 2 nitrogen and oxygen atoms in total. The minimum Gasteiger partial charge on any atom is -0.151 e. The smallest absolute Gasteiger partial charge is 0.0939 e. The molecule has 8 heavy (non-hydrogen) atoms. The molecular weight excluding hydrogens is 102 g/mol. The molecule has 0 N–H and O–H groups in total. The summed E-state index contributed by atoms with van der Waals surface area (Å²) in [6, 6.07) is -0.0810. The molecule has 0 unspecified atom stereocenters. The molecule has 0 aromatic carbocycles. The lowest BCUT2D eigenvalue weighted by atomic mass is 9.89. The van der Waals surface area contributed by atoms with E-state index in [2.05, 4.69) is 5.18 Å². The third kappa shape index (κ3) is 2.05. The zero-order chi connectivity index (χ0) is 6.78. The summed E-state index contributed by atoms with van der Waals surface area (Å²) in [6.45, 7) is 7.82. The molecule has 0 aliphatic heterocycles. The van der Waals surface area contributed by atoms with Crippen molar-refractivity contribution in [2.75, 3.05) is 0 Å². The first-order valence-electron chi connectivity index (χ1n) is 2.81. The molecular formula is C6H13NO. The van der Waals surface area contributed by atoms with Gasteiger partial charge in [-0.05, 0) is 12.3 Å². The van der Waals surface area contributed by atoms with E-state index >= 15 is 0 Å². The van der Waals surface area contributed by atoms with Crippen molar-refractivity contribution < 1.29 is 0 Å². The molecule has 0 rings (SSSR count). The van der Waals surface area contributed by atoms with E-state index in [0.717, 1.165) is 0 Å². The highest BCUT2D eigenvalue weighted by Gasteiger charge is 2.19. The van der Waals surface area contributed by atoms with E-state index in [-0.39, 0.29) is 11.5 Å². The molecule has 1 atom stereocenters. The fraction of sp³-hybridized carbons (Fsp3) is 1.00. The zero-order valence-corrected chi connectivity index (χ0v) is 5.93. The topological polar surface area (TPSA) is 29.4 Å². The monoisotopic (exact) mass is 115 g/mol. The van der Waals surface area contributed by atoms with Crippen LogP contribution in [0.4, 0.5) is 0 Å². The second kappa shape index (κ2) is 2.25. The van der Waals surface area contributed by atoms with E-state index in [4.69, 9.17) is 0 Å². The molecule has 48 valence electrons. The maximum absolute atomic E-state index is 9.90. The molecule has 0 aromatic rings. The Morgan fingerprint density at radius 2 is 1.75 bits per heavy atom. The van der Waals surface area contributed by atoms with Crippen LogP contribution >= 0.6 is 0 Å². The largest absolute Gasteiger partial charge is 0.151 e. The number of nitrogens with zero attached hydrogens (tertiary/aromatic N) is 1. The van der Waals surface area contributed by atoms with Crippen molar-refractivity contribution in [3.8, 4) is 0 Å². The highest BCUT2D eigenvalue weighted by molar-refractivity contribution is 4.74. The normalized spacial score (nSPS) is 15.5. The van der Waals surface area contributed by atoms with Gasteiger partial charge in [0.25, 0.3) is 0 Å². The summed E-state index contributed by atoms with van der Waals surface area (Å²) in [5, 5.41) is 2.91. The van der Waals surface area contributed by atoms with Crippen LogP contribution in [0.15, 0.2) is 5.18 Å². The predicted molar refractivity (Wildman–Crippen MR) is 34.7 cm³/mol. The van der Waals surface area contributed by atoms with Crippen LogP contribution in [-0.4, -0.2) is 6.04 Å². The standard InChI is InChI=1S/C6H13NO/c1-5(7-8)6(2,3)4/h5H,1-4H3/t5-/m1/s1. The van der Waals surface area contributed by atoms with Crippen molar-refractivity contribution in [1.29, 1.82) is 0 Å². The summed E-state index contributed by atoms with van der Waals surface area (Å²) in [5.41, 5.74) is 0.0295. The molecule has 0 bridgehead atoms. The van der Waals surface area contributed by atoms with Crippen LogP contribution in [0.3, 0.4) is 0 Å². The van der Waals surface area contributed by atoms with Crippen LogP contribution in [0.1, 0.15) is 27.7 Å². The van der Waals surface area contributed by atoms with E-state index < -0.39 is 0 Å². The first kappa shape index (κ1) is 7.60. The highest BCUT2D eigenvalue weighted by Crippen LogP contribution is 2.20. The molecule has 0 aliphatic carbocycles. The van der Waals surface area contributed by atoms with Crippen molar-refractivity contribution in [1.82, 2.24) is 0 Å². The number of hydrogen-bond acceptors (Lipinski definition) is 2. The first-order chi connectivity index (χ1) is 3.48. The van der Waals surface area contributed by atoms with Crippen LogP contribution in [0.25, 0.3) is 0 Å². The van der Waals surface area contributed by atoms with E-state index in [1.807, 2.05) is 27.7 Å². The molecule has 2 heteroatoms. The summed E-state index contributed by atoms with van der Waals surface area (Å²) in [5.74, 6) is 0. The minimum absolute atomic E-state index is 0.0295. The van der Waals surface area contributed by atoms with Gasteiger partial charge in [0.05, 0.1) is 6.04 Å². The second-order valence-corrected chi connectivity index (χ2v) is 3.15. The van der Waals surface area contributed by atoms with Gasteiger partial charge in [-0.2, -0.15) is 4.91 Å². The van der Waals surface area contributed by atoms with Crippen LogP contribution < -0.4 is 0 Å². The Bertz CT molecular complexity index is 83.0. The Kier molecular flexibility index (Phi) is 2.13. The van der Waals surface area contributed by atoms with E-state index in [1.165, 1.54) is 0 Å². The fourth-order valence-corrected chi connectivity index (χ4v) is 0.158. The first-order valence-corrected chi connectivity index (χ1v) is 2.81. The van der Waals surface area contributed by atoms with Gasteiger partial charge in [0.2, 0.25) is 0 Å². The van der Waals surface area contributed by atoms with Gasteiger partial charge in [-0.3, -0.25) is 0 Å². The Morgan fingerprint density at radius 3 is 1.75 bits per heavy atom. The number of hydrogen-bond donors (Lipinski definition) is 0. The summed E-state index contributed by atoms with van der Waals surface area (Å²) in [6.07, 6.45) is 0. The average Bonchev–Trinajstić information content (AvgIpc) is 1.62. The Balaban J connectivity index is 3.80. The molecule has 0 amide bonds. The zero-order valence-electron chi connectivity index (χ0n) is 5.93. The van der Waals surface area contributed by atoms with Crippen LogP contribution in [0.5, 0.6) is 0 Å². The Morgan fingerprint density at radius 1 is 1.38 bits per heavy atom. The van der Waals surface area contributed by atoms with Gasteiger partial charge >= 0.3 is 0 Å². The van der Waals surface area contributed by atoms with E-state index in [1.54, 1.807) is 0 Å². The van der Waals surface area contributed by atoms with Crippen LogP contribution in [-0.2, 0) is 0 Å². The van der Waals surface area contributed by atoms with Gasteiger partial charge in [-0.25, -0.2) is 0 Å². The van der Waals surface area contributed by atoms with Gasteiger partial charge in [-0.1, -0.05) is 25.9 Å². The lowest BCUT2D eigenvalue weighted by Crippen LogP contribution is -2.19. The highest BCUT2D eigenvalue weighted by atomic mass is 16.3. The molecule has 0 saturated carbocycles. The SMILES string of the molecule is C[C@@H](N=O)C(C)(C)C. The van der Waals surface area contributed by atoms with Crippen molar-refractivity contribution in [3.05, 3.63) is 4.91 Å². The molecule has 0 fully saturated rings. The molecule has 0 radical (unpaired) electrons. The van der Waals surface area contributed by atoms with Gasteiger partial charge in [-0.15, -0.1) is 0 Å². The van der Waals surface area contributed by atoms with Gasteiger partial charge < -0.3 is 0 Å². The van der Waals surface area contributed by atoms with Crippen molar-refractivity contribution in [2.45, 2.75) is 33.7 Å². The quantitative estimate of drug-likeness (QED) is 0.481. The van der Waals surface area contributed by atoms with Crippen molar-refractivity contribution in [3.63, 3.8) is 0 Å². The van der Waals surface area contributed by atoms with E-state index in [9.17, 15) is 4.91 Å². The Hall–Kier alpha value is -0.400. The van der Waals surface area contributed by atoms with E-state index in [0.29, 0.717) is 0 Å². The van der Waals surface area contributed by atoms with Gasteiger partial charge in [0.1, 0.15) is 0 Å². The Labute approximate surface area is 50.3 Å². The predicted octanol–water partition coefficient (Wildman–Crippen LogP) is 2.19. The summed E-state index contributed by atoms with van der Waals surface area (Å²) < 4.78 is 0. The maximum atomic E-state index is 9.90. The third-order valence-corrected chi connectivity index (χ3v) is 1.41.